The first-order valence-electron chi connectivity index (χ1n) is 6.21. The Balaban J connectivity index is 2.03. The second kappa shape index (κ2) is 5.88. The number of nitrogens with one attached hydrogen (secondary N) is 1. The molecule has 2 nitrogen and oxygen atoms in total. The van der Waals surface area contributed by atoms with E-state index in [1.807, 2.05) is 31.2 Å². The highest BCUT2D eigenvalue weighted by atomic mass is 79.9. The first-order chi connectivity index (χ1) is 8.97. The molecule has 0 fully saturated rings. The molecular formula is C15H17BrFNO. The minimum absolute atomic E-state index is 0.108. The maximum absolute atomic E-state index is 13.5. The van der Waals surface area contributed by atoms with E-state index in [1.165, 1.54) is 0 Å². The topological polar surface area (TPSA) is 25.2 Å². The second-order valence-electron chi connectivity index (χ2n) is 4.79. The predicted octanol–water partition coefficient (Wildman–Crippen LogP) is 4.65. The normalized spacial score (nSPS) is 12.7. The molecule has 102 valence electrons. The first-order valence-corrected chi connectivity index (χ1v) is 7.01. The van der Waals surface area contributed by atoms with Crippen LogP contribution in [0.3, 0.4) is 0 Å². The van der Waals surface area contributed by atoms with Crippen molar-refractivity contribution >= 4 is 15.9 Å². The highest BCUT2D eigenvalue weighted by Crippen LogP contribution is 2.21. The zero-order chi connectivity index (χ0) is 14.0. The monoisotopic (exact) mass is 325 g/mol. The van der Waals surface area contributed by atoms with E-state index in [0.717, 1.165) is 16.0 Å². The van der Waals surface area contributed by atoms with Crippen LogP contribution in [-0.4, -0.2) is 0 Å². The zero-order valence-corrected chi connectivity index (χ0v) is 12.8. The van der Waals surface area contributed by atoms with E-state index in [4.69, 9.17) is 4.42 Å². The molecule has 1 aromatic heterocycles. The minimum Gasteiger partial charge on any atom is -0.453 e. The minimum atomic E-state index is -0.119. The van der Waals surface area contributed by atoms with E-state index in [0.29, 0.717) is 17.7 Å². The Bertz CT molecular complexity index is 556. The SMILES string of the molecule is Cc1cc(CNC(C)c2ccc(Br)o2)cc(C)c1F. The van der Waals surface area contributed by atoms with Crippen molar-refractivity contribution in [2.75, 3.05) is 0 Å². The maximum atomic E-state index is 13.5. The van der Waals surface area contributed by atoms with Crippen molar-refractivity contribution in [1.82, 2.24) is 5.32 Å². The smallest absolute Gasteiger partial charge is 0.169 e. The van der Waals surface area contributed by atoms with Crippen molar-refractivity contribution < 1.29 is 8.81 Å². The molecule has 1 aromatic carbocycles. The molecule has 0 aliphatic carbocycles. The zero-order valence-electron chi connectivity index (χ0n) is 11.3. The van der Waals surface area contributed by atoms with Gasteiger partial charge >= 0.3 is 0 Å². The summed E-state index contributed by atoms with van der Waals surface area (Å²) in [5.74, 6) is 0.759. The molecule has 0 amide bonds. The molecule has 1 unspecified atom stereocenters. The standard InChI is InChI=1S/C15H17BrFNO/c1-9-6-12(7-10(2)15(9)17)8-18-11(3)13-4-5-14(16)19-13/h4-7,11,18H,8H2,1-3H3. The number of benzene rings is 1. The number of aryl methyl sites for hydroxylation is 2. The van der Waals surface area contributed by atoms with Crippen molar-refractivity contribution in [2.24, 2.45) is 0 Å². The van der Waals surface area contributed by atoms with Crippen LogP contribution in [0.15, 0.2) is 33.4 Å². The van der Waals surface area contributed by atoms with Gasteiger partial charge in [-0.3, -0.25) is 0 Å². The third-order valence-corrected chi connectivity index (χ3v) is 3.56. The highest BCUT2D eigenvalue weighted by molar-refractivity contribution is 9.10. The van der Waals surface area contributed by atoms with Gasteiger partial charge in [-0.05, 0) is 65.5 Å². The Morgan fingerprint density at radius 1 is 1.26 bits per heavy atom. The quantitative estimate of drug-likeness (QED) is 0.885. The van der Waals surface area contributed by atoms with Gasteiger partial charge in [-0.15, -0.1) is 0 Å². The molecule has 0 spiro atoms. The Kier molecular flexibility index (Phi) is 4.42. The van der Waals surface area contributed by atoms with Gasteiger partial charge in [0.05, 0.1) is 6.04 Å². The summed E-state index contributed by atoms with van der Waals surface area (Å²) in [5.41, 5.74) is 2.45. The summed E-state index contributed by atoms with van der Waals surface area (Å²) < 4.78 is 19.8. The van der Waals surface area contributed by atoms with Crippen LogP contribution < -0.4 is 5.32 Å². The van der Waals surface area contributed by atoms with Crippen molar-refractivity contribution in [3.05, 3.63) is 57.2 Å². The van der Waals surface area contributed by atoms with Crippen LogP contribution in [0.1, 0.15) is 35.4 Å². The lowest BCUT2D eigenvalue weighted by atomic mass is 10.1. The molecule has 4 heteroatoms. The van der Waals surface area contributed by atoms with Gasteiger partial charge in [0.2, 0.25) is 0 Å². The fourth-order valence-electron chi connectivity index (χ4n) is 2.07. The van der Waals surface area contributed by atoms with Crippen LogP contribution in [0, 0.1) is 19.7 Å². The van der Waals surface area contributed by atoms with Crippen LogP contribution in [0.4, 0.5) is 4.39 Å². The number of rotatable bonds is 4. The molecular weight excluding hydrogens is 309 g/mol. The van der Waals surface area contributed by atoms with E-state index in [-0.39, 0.29) is 11.9 Å². The van der Waals surface area contributed by atoms with Crippen molar-refractivity contribution in [1.29, 1.82) is 0 Å². The van der Waals surface area contributed by atoms with Crippen LogP contribution in [0.5, 0.6) is 0 Å². The first kappa shape index (κ1) is 14.3. The largest absolute Gasteiger partial charge is 0.453 e. The van der Waals surface area contributed by atoms with Gasteiger partial charge in [-0.1, -0.05) is 12.1 Å². The van der Waals surface area contributed by atoms with Gasteiger partial charge in [0.25, 0.3) is 0 Å². The lowest BCUT2D eigenvalue weighted by Gasteiger charge is -2.12. The van der Waals surface area contributed by atoms with Gasteiger partial charge < -0.3 is 9.73 Å². The molecule has 1 atom stereocenters. The lowest BCUT2D eigenvalue weighted by molar-refractivity contribution is 0.417. The molecule has 0 radical (unpaired) electrons. The second-order valence-corrected chi connectivity index (χ2v) is 5.57. The number of halogens is 2. The van der Waals surface area contributed by atoms with Gasteiger partial charge in [-0.2, -0.15) is 0 Å². The molecule has 0 aliphatic rings. The Morgan fingerprint density at radius 2 is 1.89 bits per heavy atom. The number of furan rings is 1. The summed E-state index contributed by atoms with van der Waals surface area (Å²) in [5, 5.41) is 3.37. The van der Waals surface area contributed by atoms with E-state index >= 15 is 0 Å². The van der Waals surface area contributed by atoms with Crippen LogP contribution in [0.25, 0.3) is 0 Å². The van der Waals surface area contributed by atoms with Crippen LogP contribution >= 0.6 is 15.9 Å². The average molecular weight is 326 g/mol. The summed E-state index contributed by atoms with van der Waals surface area (Å²) >= 11 is 3.29. The summed E-state index contributed by atoms with van der Waals surface area (Å²) in [4.78, 5) is 0. The Hall–Kier alpha value is -1.13. The van der Waals surface area contributed by atoms with Gasteiger partial charge in [0.15, 0.2) is 4.67 Å². The van der Waals surface area contributed by atoms with E-state index in [1.54, 1.807) is 13.8 Å². The lowest BCUT2D eigenvalue weighted by Crippen LogP contribution is -2.17. The Morgan fingerprint density at radius 3 is 2.42 bits per heavy atom. The molecule has 0 saturated heterocycles. The number of hydrogen-bond donors (Lipinski definition) is 1. The predicted molar refractivity (Wildman–Crippen MR) is 77.5 cm³/mol. The fraction of sp³-hybridized carbons (Fsp3) is 0.333. The van der Waals surface area contributed by atoms with Crippen LogP contribution in [0.2, 0.25) is 0 Å². The average Bonchev–Trinajstić information content (AvgIpc) is 2.79. The molecule has 0 aliphatic heterocycles. The molecule has 2 aromatic rings. The summed E-state index contributed by atoms with van der Waals surface area (Å²) in [7, 11) is 0. The van der Waals surface area contributed by atoms with E-state index in [9.17, 15) is 4.39 Å². The van der Waals surface area contributed by atoms with Crippen molar-refractivity contribution in [3.63, 3.8) is 0 Å². The Labute approximate surface area is 121 Å². The number of hydrogen-bond acceptors (Lipinski definition) is 2. The summed E-state index contributed by atoms with van der Waals surface area (Å²) in [6.45, 7) is 6.30. The van der Waals surface area contributed by atoms with Crippen LogP contribution in [-0.2, 0) is 6.54 Å². The maximum Gasteiger partial charge on any atom is 0.169 e. The molecule has 0 saturated carbocycles. The van der Waals surface area contributed by atoms with E-state index < -0.39 is 0 Å². The highest BCUT2D eigenvalue weighted by Gasteiger charge is 2.10. The molecule has 1 heterocycles. The summed E-state index contributed by atoms with van der Waals surface area (Å²) in [6, 6.07) is 7.67. The molecule has 1 N–H and O–H groups in total. The third kappa shape index (κ3) is 3.45. The van der Waals surface area contributed by atoms with Crippen molar-refractivity contribution in [3.8, 4) is 0 Å². The summed E-state index contributed by atoms with van der Waals surface area (Å²) in [6.07, 6.45) is 0. The molecule has 19 heavy (non-hydrogen) atoms. The molecule has 2 rings (SSSR count). The van der Waals surface area contributed by atoms with Gasteiger partial charge in [-0.25, -0.2) is 4.39 Å². The molecule has 0 bridgehead atoms. The van der Waals surface area contributed by atoms with E-state index in [2.05, 4.69) is 21.2 Å². The van der Waals surface area contributed by atoms with Gasteiger partial charge in [0.1, 0.15) is 11.6 Å². The van der Waals surface area contributed by atoms with Crippen molar-refractivity contribution in [2.45, 2.75) is 33.4 Å². The van der Waals surface area contributed by atoms with Gasteiger partial charge in [0, 0.05) is 6.54 Å². The fourth-order valence-corrected chi connectivity index (χ4v) is 2.39. The third-order valence-electron chi connectivity index (χ3n) is 3.13.